The number of hydrogen-bond donors (Lipinski definition) is 1. The van der Waals surface area contributed by atoms with Crippen LogP contribution in [0.4, 0.5) is 0 Å². The highest BCUT2D eigenvalue weighted by Gasteiger charge is 2.43. The molecule has 1 aromatic rings. The summed E-state index contributed by atoms with van der Waals surface area (Å²) in [6.45, 7) is 5.32. The lowest BCUT2D eigenvalue weighted by atomic mass is 10.1. The van der Waals surface area contributed by atoms with Crippen molar-refractivity contribution in [2.24, 2.45) is 5.73 Å². The van der Waals surface area contributed by atoms with E-state index in [0.717, 1.165) is 6.54 Å². The van der Waals surface area contributed by atoms with Crippen molar-refractivity contribution in [3.05, 3.63) is 21.9 Å². The Morgan fingerprint density at radius 2 is 2.15 bits per heavy atom. The van der Waals surface area contributed by atoms with Crippen molar-refractivity contribution in [1.29, 1.82) is 0 Å². The third-order valence-corrected chi connectivity index (χ3v) is 4.59. The molecule has 0 bridgehead atoms. The minimum absolute atomic E-state index is 0.387. The average molecular weight is 195 g/mol. The Bertz CT molecular complexity index is 297. The van der Waals surface area contributed by atoms with E-state index in [1.165, 1.54) is 22.6 Å². The molecule has 2 rings (SSSR count). The summed E-state index contributed by atoms with van der Waals surface area (Å²) in [6.07, 6.45) is 2.59. The third-order valence-electron chi connectivity index (χ3n) is 2.96. The molecule has 1 saturated carbocycles. The summed E-state index contributed by atoms with van der Waals surface area (Å²) in [5.41, 5.74) is 6.18. The van der Waals surface area contributed by atoms with Crippen molar-refractivity contribution in [3.8, 4) is 0 Å². The zero-order chi connectivity index (χ0) is 9.47. The van der Waals surface area contributed by atoms with E-state index in [4.69, 9.17) is 5.73 Å². The van der Waals surface area contributed by atoms with Crippen molar-refractivity contribution >= 4 is 11.3 Å². The predicted octanol–water partition coefficient (Wildman–Crippen LogP) is 2.86. The number of thiophene rings is 1. The number of rotatable bonds is 3. The van der Waals surface area contributed by atoms with Crippen LogP contribution in [0.1, 0.15) is 42.4 Å². The second-order valence-electron chi connectivity index (χ2n) is 4.34. The SMILES string of the molecule is CC(C)c1ccc(C2(CN)CC2)s1. The van der Waals surface area contributed by atoms with E-state index in [1.807, 2.05) is 11.3 Å². The van der Waals surface area contributed by atoms with Gasteiger partial charge < -0.3 is 5.73 Å². The van der Waals surface area contributed by atoms with Crippen LogP contribution in [0, 0.1) is 0 Å². The second-order valence-corrected chi connectivity index (χ2v) is 5.46. The van der Waals surface area contributed by atoms with Gasteiger partial charge in [-0.05, 0) is 30.9 Å². The van der Waals surface area contributed by atoms with E-state index in [2.05, 4.69) is 26.0 Å². The van der Waals surface area contributed by atoms with Gasteiger partial charge in [-0.2, -0.15) is 0 Å². The van der Waals surface area contributed by atoms with Gasteiger partial charge in [0.15, 0.2) is 0 Å². The van der Waals surface area contributed by atoms with Crippen LogP contribution < -0.4 is 5.73 Å². The standard InChI is InChI=1S/C11H17NS/c1-8(2)9-3-4-10(13-9)11(7-12)5-6-11/h3-4,8H,5-7,12H2,1-2H3. The first kappa shape index (κ1) is 9.22. The summed E-state index contributed by atoms with van der Waals surface area (Å²) in [5.74, 6) is 0.660. The Labute approximate surface area is 84.0 Å². The minimum Gasteiger partial charge on any atom is -0.330 e. The molecule has 0 aromatic carbocycles. The first-order valence-electron chi connectivity index (χ1n) is 4.98. The molecule has 0 spiro atoms. The van der Waals surface area contributed by atoms with Crippen LogP contribution in [0.5, 0.6) is 0 Å². The first-order valence-corrected chi connectivity index (χ1v) is 5.80. The van der Waals surface area contributed by atoms with Crippen molar-refractivity contribution in [1.82, 2.24) is 0 Å². The van der Waals surface area contributed by atoms with Gasteiger partial charge in [0.25, 0.3) is 0 Å². The maximum absolute atomic E-state index is 5.79. The van der Waals surface area contributed by atoms with Crippen molar-refractivity contribution < 1.29 is 0 Å². The smallest absolute Gasteiger partial charge is 0.0170 e. The first-order chi connectivity index (χ1) is 6.18. The second kappa shape index (κ2) is 3.10. The molecule has 72 valence electrons. The zero-order valence-corrected chi connectivity index (χ0v) is 9.16. The van der Waals surface area contributed by atoms with Gasteiger partial charge in [0.2, 0.25) is 0 Å². The lowest BCUT2D eigenvalue weighted by Gasteiger charge is -2.08. The van der Waals surface area contributed by atoms with Gasteiger partial charge in [0.1, 0.15) is 0 Å². The fraction of sp³-hybridized carbons (Fsp3) is 0.636. The molecule has 2 heteroatoms. The fourth-order valence-corrected chi connectivity index (χ4v) is 2.92. The molecule has 1 aliphatic rings. The summed E-state index contributed by atoms with van der Waals surface area (Å²) in [5, 5.41) is 0. The monoisotopic (exact) mass is 195 g/mol. The van der Waals surface area contributed by atoms with E-state index in [1.54, 1.807) is 0 Å². The Morgan fingerprint density at radius 3 is 2.54 bits per heavy atom. The maximum atomic E-state index is 5.79. The summed E-state index contributed by atoms with van der Waals surface area (Å²) < 4.78 is 0. The van der Waals surface area contributed by atoms with Gasteiger partial charge in [-0.1, -0.05) is 13.8 Å². The molecule has 0 radical (unpaired) electrons. The third kappa shape index (κ3) is 1.53. The fourth-order valence-electron chi connectivity index (χ4n) is 1.65. The van der Waals surface area contributed by atoms with E-state index in [-0.39, 0.29) is 0 Å². The number of nitrogens with two attached hydrogens (primary N) is 1. The normalized spacial score (nSPS) is 19.4. The van der Waals surface area contributed by atoms with E-state index in [0.29, 0.717) is 11.3 Å². The minimum atomic E-state index is 0.387. The van der Waals surface area contributed by atoms with Gasteiger partial charge in [-0.25, -0.2) is 0 Å². The molecule has 2 N–H and O–H groups in total. The van der Waals surface area contributed by atoms with Crippen LogP contribution in [0.15, 0.2) is 12.1 Å². The lowest BCUT2D eigenvalue weighted by molar-refractivity contribution is 0.720. The summed E-state index contributed by atoms with van der Waals surface area (Å²) in [7, 11) is 0. The van der Waals surface area contributed by atoms with Crippen LogP contribution >= 0.6 is 11.3 Å². The molecule has 0 aliphatic heterocycles. The van der Waals surface area contributed by atoms with E-state index >= 15 is 0 Å². The Hall–Kier alpha value is -0.340. The molecule has 1 aromatic heterocycles. The van der Waals surface area contributed by atoms with Gasteiger partial charge in [0.05, 0.1) is 0 Å². The molecule has 0 saturated heterocycles. The van der Waals surface area contributed by atoms with Crippen molar-refractivity contribution in [2.75, 3.05) is 6.54 Å². The van der Waals surface area contributed by atoms with Crippen LogP contribution in [-0.2, 0) is 5.41 Å². The Kier molecular flexibility index (Phi) is 2.20. The zero-order valence-electron chi connectivity index (χ0n) is 8.34. The van der Waals surface area contributed by atoms with Crippen molar-refractivity contribution in [2.45, 2.75) is 38.0 Å². The maximum Gasteiger partial charge on any atom is 0.0170 e. The van der Waals surface area contributed by atoms with Gasteiger partial charge in [-0.3, -0.25) is 0 Å². The van der Waals surface area contributed by atoms with Crippen LogP contribution in [0.3, 0.4) is 0 Å². The average Bonchev–Trinajstić information content (AvgIpc) is 2.75. The van der Waals surface area contributed by atoms with Gasteiger partial charge in [-0.15, -0.1) is 11.3 Å². The molecule has 1 nitrogen and oxygen atoms in total. The van der Waals surface area contributed by atoms with Gasteiger partial charge in [0, 0.05) is 21.7 Å². The molecule has 0 atom stereocenters. The highest BCUT2D eigenvalue weighted by atomic mass is 32.1. The summed E-state index contributed by atoms with van der Waals surface area (Å²) in [4.78, 5) is 3.01. The van der Waals surface area contributed by atoms with Gasteiger partial charge >= 0.3 is 0 Å². The summed E-state index contributed by atoms with van der Waals surface area (Å²) in [6, 6.07) is 4.54. The van der Waals surface area contributed by atoms with Crippen LogP contribution in [-0.4, -0.2) is 6.54 Å². The summed E-state index contributed by atoms with van der Waals surface area (Å²) >= 11 is 1.95. The molecule has 1 aliphatic carbocycles. The highest BCUT2D eigenvalue weighted by Crippen LogP contribution is 2.50. The molecule has 0 unspecified atom stereocenters. The Balaban J connectivity index is 2.23. The quantitative estimate of drug-likeness (QED) is 0.788. The highest BCUT2D eigenvalue weighted by molar-refractivity contribution is 7.12. The van der Waals surface area contributed by atoms with E-state index < -0.39 is 0 Å². The molecular weight excluding hydrogens is 178 g/mol. The molecule has 0 amide bonds. The molecular formula is C11H17NS. The van der Waals surface area contributed by atoms with Crippen molar-refractivity contribution in [3.63, 3.8) is 0 Å². The van der Waals surface area contributed by atoms with Crippen LogP contribution in [0.25, 0.3) is 0 Å². The Morgan fingerprint density at radius 1 is 1.46 bits per heavy atom. The number of hydrogen-bond acceptors (Lipinski definition) is 2. The molecule has 1 fully saturated rings. The largest absolute Gasteiger partial charge is 0.330 e. The van der Waals surface area contributed by atoms with Crippen LogP contribution in [0.2, 0.25) is 0 Å². The molecule has 13 heavy (non-hydrogen) atoms. The predicted molar refractivity (Wildman–Crippen MR) is 58.4 cm³/mol. The lowest BCUT2D eigenvalue weighted by Crippen LogP contribution is -2.18. The topological polar surface area (TPSA) is 26.0 Å². The molecule has 1 heterocycles. The van der Waals surface area contributed by atoms with E-state index in [9.17, 15) is 0 Å².